The zero-order chi connectivity index (χ0) is 19.7. The monoisotopic (exact) mass is 378 g/mol. The molecule has 0 spiro atoms. The lowest BCUT2D eigenvalue weighted by Gasteiger charge is -2.15. The highest BCUT2D eigenvalue weighted by molar-refractivity contribution is 6.01. The van der Waals surface area contributed by atoms with Gasteiger partial charge in [-0.3, -0.25) is 9.59 Å². The molecular weight excluding hydrogens is 356 g/mol. The summed E-state index contributed by atoms with van der Waals surface area (Å²) in [6, 6.07) is 7.63. The quantitative estimate of drug-likeness (QED) is 0.738. The predicted molar refractivity (Wildman–Crippen MR) is 104 cm³/mol. The smallest absolute Gasteiger partial charge is 0.257 e. The van der Waals surface area contributed by atoms with Crippen LogP contribution in [0.2, 0.25) is 0 Å². The zero-order valence-electron chi connectivity index (χ0n) is 15.9. The molecule has 28 heavy (non-hydrogen) atoms. The van der Waals surface area contributed by atoms with Crippen molar-refractivity contribution in [2.75, 3.05) is 0 Å². The molecular formula is C21H22N4O3. The number of nitrogens with zero attached hydrogens (tertiary/aromatic N) is 3. The molecule has 0 unspecified atom stereocenters. The highest BCUT2D eigenvalue weighted by atomic mass is 16.5. The van der Waals surface area contributed by atoms with E-state index < -0.39 is 0 Å². The normalized spacial score (nSPS) is 13.6. The van der Waals surface area contributed by atoms with Crippen LogP contribution in [-0.2, 0) is 13.0 Å². The Labute approximate surface area is 162 Å². The van der Waals surface area contributed by atoms with Crippen LogP contribution in [0.1, 0.15) is 58.7 Å². The number of hydrogen-bond acceptors (Lipinski definition) is 5. The number of ketones is 1. The molecule has 0 bridgehead atoms. The Morgan fingerprint density at radius 2 is 2.00 bits per heavy atom. The fraction of sp³-hybridized carbons (Fsp3) is 0.333. The number of aromatic nitrogens is 3. The lowest BCUT2D eigenvalue weighted by atomic mass is 9.96. The predicted octanol–water partition coefficient (Wildman–Crippen LogP) is 2.97. The minimum atomic E-state index is -0.243. The van der Waals surface area contributed by atoms with Gasteiger partial charge in [0.15, 0.2) is 11.4 Å². The summed E-state index contributed by atoms with van der Waals surface area (Å²) in [7, 11) is 0. The Morgan fingerprint density at radius 3 is 2.75 bits per heavy atom. The first kappa shape index (κ1) is 18.2. The molecule has 1 aromatic carbocycles. The van der Waals surface area contributed by atoms with E-state index in [2.05, 4.69) is 15.4 Å². The van der Waals surface area contributed by atoms with Crippen LogP contribution >= 0.6 is 0 Å². The van der Waals surface area contributed by atoms with Crippen molar-refractivity contribution < 1.29 is 14.3 Å². The summed E-state index contributed by atoms with van der Waals surface area (Å²) in [5.41, 5.74) is 3.29. The van der Waals surface area contributed by atoms with Crippen molar-refractivity contribution in [3.63, 3.8) is 0 Å². The average Bonchev–Trinajstić information content (AvgIpc) is 3.12. The molecule has 7 nitrogen and oxygen atoms in total. The van der Waals surface area contributed by atoms with Gasteiger partial charge in [0, 0.05) is 19.2 Å². The van der Waals surface area contributed by atoms with Gasteiger partial charge in [0.2, 0.25) is 0 Å². The molecule has 144 valence electrons. The van der Waals surface area contributed by atoms with Crippen LogP contribution in [0.4, 0.5) is 0 Å². The van der Waals surface area contributed by atoms with Crippen LogP contribution in [0.25, 0.3) is 5.65 Å². The van der Waals surface area contributed by atoms with Gasteiger partial charge in [-0.15, -0.1) is 0 Å². The van der Waals surface area contributed by atoms with Gasteiger partial charge in [0.05, 0.1) is 23.6 Å². The molecule has 2 heterocycles. The third-order valence-electron chi connectivity index (χ3n) is 4.74. The van der Waals surface area contributed by atoms with Crippen molar-refractivity contribution in [1.29, 1.82) is 0 Å². The van der Waals surface area contributed by atoms with Crippen LogP contribution < -0.4 is 10.1 Å². The first-order valence-corrected chi connectivity index (χ1v) is 9.45. The van der Waals surface area contributed by atoms with Gasteiger partial charge in [0.25, 0.3) is 5.91 Å². The SMILES string of the molecule is CC(C)Oc1ccc(CNC(=O)c2cnn3c4c(cnc23)C(=O)CCC4)cc1. The molecule has 7 heteroatoms. The lowest BCUT2D eigenvalue weighted by Crippen LogP contribution is -2.23. The summed E-state index contributed by atoms with van der Waals surface area (Å²) < 4.78 is 7.25. The van der Waals surface area contributed by atoms with E-state index in [1.165, 1.54) is 6.20 Å². The number of fused-ring (bicyclic) bond motifs is 3. The Hall–Kier alpha value is -3.22. The van der Waals surface area contributed by atoms with E-state index in [4.69, 9.17) is 4.74 Å². The first-order chi connectivity index (χ1) is 13.5. The van der Waals surface area contributed by atoms with Crippen LogP contribution in [0.15, 0.2) is 36.7 Å². The second-order valence-corrected chi connectivity index (χ2v) is 7.18. The maximum atomic E-state index is 12.6. The molecule has 0 aliphatic heterocycles. The molecule has 0 saturated heterocycles. The summed E-state index contributed by atoms with van der Waals surface area (Å²) in [6.45, 7) is 4.35. The van der Waals surface area contributed by atoms with E-state index >= 15 is 0 Å². The van der Waals surface area contributed by atoms with Gasteiger partial charge in [-0.2, -0.15) is 5.10 Å². The van der Waals surface area contributed by atoms with E-state index in [1.807, 2.05) is 38.1 Å². The maximum absolute atomic E-state index is 12.6. The van der Waals surface area contributed by atoms with Gasteiger partial charge in [-0.05, 0) is 44.4 Å². The number of rotatable bonds is 5. The van der Waals surface area contributed by atoms with E-state index in [1.54, 1.807) is 10.7 Å². The van der Waals surface area contributed by atoms with Crippen LogP contribution in [-0.4, -0.2) is 32.4 Å². The van der Waals surface area contributed by atoms with E-state index in [9.17, 15) is 9.59 Å². The van der Waals surface area contributed by atoms with E-state index in [0.717, 1.165) is 29.8 Å². The van der Waals surface area contributed by atoms with Crippen molar-refractivity contribution in [2.45, 2.75) is 45.8 Å². The minimum Gasteiger partial charge on any atom is -0.491 e. The second kappa shape index (κ2) is 7.42. The van der Waals surface area contributed by atoms with Gasteiger partial charge in [-0.25, -0.2) is 9.50 Å². The Morgan fingerprint density at radius 1 is 1.21 bits per heavy atom. The zero-order valence-corrected chi connectivity index (χ0v) is 15.9. The molecule has 1 N–H and O–H groups in total. The third-order valence-corrected chi connectivity index (χ3v) is 4.74. The number of carbonyl (C=O) groups is 2. The molecule has 2 aromatic heterocycles. The summed E-state index contributed by atoms with van der Waals surface area (Å²) in [5, 5.41) is 7.21. The number of aryl methyl sites for hydroxylation is 1. The molecule has 1 aliphatic rings. The molecule has 4 rings (SSSR count). The fourth-order valence-corrected chi connectivity index (χ4v) is 3.40. The first-order valence-electron chi connectivity index (χ1n) is 9.45. The van der Waals surface area contributed by atoms with Gasteiger partial charge >= 0.3 is 0 Å². The summed E-state index contributed by atoms with van der Waals surface area (Å²) in [4.78, 5) is 29.0. The number of carbonyl (C=O) groups excluding carboxylic acids is 2. The molecule has 0 atom stereocenters. The molecule has 0 radical (unpaired) electrons. The van der Waals surface area contributed by atoms with Crippen LogP contribution in [0.5, 0.6) is 5.75 Å². The number of amides is 1. The van der Waals surface area contributed by atoms with Crippen molar-refractivity contribution in [3.05, 3.63) is 59.0 Å². The van der Waals surface area contributed by atoms with Crippen molar-refractivity contribution >= 4 is 17.3 Å². The molecule has 0 saturated carbocycles. The minimum absolute atomic E-state index is 0.0852. The van der Waals surface area contributed by atoms with Crippen LogP contribution in [0.3, 0.4) is 0 Å². The van der Waals surface area contributed by atoms with Crippen molar-refractivity contribution in [3.8, 4) is 5.75 Å². The van der Waals surface area contributed by atoms with Crippen LogP contribution in [0, 0.1) is 0 Å². The molecule has 1 aliphatic carbocycles. The summed E-state index contributed by atoms with van der Waals surface area (Å²) >= 11 is 0. The Kier molecular flexibility index (Phi) is 4.81. The second-order valence-electron chi connectivity index (χ2n) is 7.18. The summed E-state index contributed by atoms with van der Waals surface area (Å²) in [6.07, 6.45) is 5.29. The topological polar surface area (TPSA) is 85.6 Å². The molecule has 0 fully saturated rings. The largest absolute Gasteiger partial charge is 0.491 e. The standard InChI is InChI=1S/C21H22N4O3/c1-13(2)28-15-8-6-14(7-9-15)10-23-21(27)17-12-24-25-18-4-3-5-19(26)16(18)11-22-20(17)25/h6-9,11-13H,3-5,10H2,1-2H3,(H,23,27). The number of Topliss-reactive ketones (excluding diaryl/α,β-unsaturated/α-hetero) is 1. The van der Waals surface area contributed by atoms with Crippen molar-refractivity contribution in [2.24, 2.45) is 0 Å². The van der Waals surface area contributed by atoms with Gasteiger partial charge in [0.1, 0.15) is 11.3 Å². The molecule has 3 aromatic rings. The van der Waals surface area contributed by atoms with E-state index in [0.29, 0.717) is 29.7 Å². The van der Waals surface area contributed by atoms with Crippen molar-refractivity contribution in [1.82, 2.24) is 19.9 Å². The highest BCUT2D eigenvalue weighted by Crippen LogP contribution is 2.22. The average molecular weight is 378 g/mol. The molecule has 1 amide bonds. The van der Waals surface area contributed by atoms with Gasteiger partial charge in [-0.1, -0.05) is 12.1 Å². The lowest BCUT2D eigenvalue weighted by molar-refractivity contribution is 0.0950. The fourth-order valence-electron chi connectivity index (χ4n) is 3.40. The van der Waals surface area contributed by atoms with Gasteiger partial charge < -0.3 is 10.1 Å². The number of hydrogen-bond donors (Lipinski definition) is 1. The van der Waals surface area contributed by atoms with E-state index in [-0.39, 0.29) is 17.8 Å². The Balaban J connectivity index is 1.49. The third kappa shape index (κ3) is 3.47. The number of benzene rings is 1. The maximum Gasteiger partial charge on any atom is 0.257 e. The number of ether oxygens (including phenoxy) is 1. The highest BCUT2D eigenvalue weighted by Gasteiger charge is 2.23. The summed E-state index contributed by atoms with van der Waals surface area (Å²) in [5.74, 6) is 0.644. The number of nitrogens with one attached hydrogen (secondary N) is 1. The Bertz CT molecular complexity index is 1040.